The molecule has 6 nitrogen and oxygen atoms in total. The molecule has 8 heteroatoms. The number of halogens is 2. The number of carbonyl (C=O) groups is 1. The molecule has 1 unspecified atom stereocenters. The van der Waals surface area contributed by atoms with E-state index < -0.39 is 11.0 Å². The monoisotopic (exact) mass is 353 g/mol. The van der Waals surface area contributed by atoms with Gasteiger partial charge in [-0.05, 0) is 23.8 Å². The third-order valence-corrected chi connectivity index (χ3v) is 3.84. The first-order valence-electron chi connectivity index (χ1n) is 6.57. The van der Waals surface area contributed by atoms with Gasteiger partial charge in [0.15, 0.2) is 0 Å². The molecule has 0 saturated carbocycles. The molecule has 0 radical (unpaired) electrons. The van der Waals surface area contributed by atoms with Gasteiger partial charge in [-0.15, -0.1) is 12.4 Å². The molecule has 0 aromatic heterocycles. The number of nitro benzene ring substituents is 1. The highest BCUT2D eigenvalue weighted by Gasteiger charge is 2.35. The number of rotatable bonds is 3. The minimum absolute atomic E-state index is 0. The van der Waals surface area contributed by atoms with Crippen molar-refractivity contribution in [1.82, 2.24) is 0 Å². The van der Waals surface area contributed by atoms with Crippen LogP contribution >= 0.6 is 24.0 Å². The zero-order valence-electron chi connectivity index (χ0n) is 11.8. The van der Waals surface area contributed by atoms with Gasteiger partial charge in [0.25, 0.3) is 5.69 Å². The van der Waals surface area contributed by atoms with Crippen LogP contribution in [-0.2, 0) is 11.3 Å². The summed E-state index contributed by atoms with van der Waals surface area (Å²) >= 11 is 5.95. The van der Waals surface area contributed by atoms with Gasteiger partial charge in [0.05, 0.1) is 11.5 Å². The van der Waals surface area contributed by atoms with Crippen LogP contribution in [0.3, 0.4) is 0 Å². The average Bonchev–Trinajstić information content (AvgIpc) is 2.72. The van der Waals surface area contributed by atoms with E-state index in [-0.39, 0.29) is 24.0 Å². The van der Waals surface area contributed by atoms with E-state index in [1.165, 1.54) is 17.0 Å². The lowest BCUT2D eigenvalue weighted by atomic mass is 10.1. The van der Waals surface area contributed by atoms with Crippen LogP contribution in [0.2, 0.25) is 5.02 Å². The molecule has 0 saturated heterocycles. The van der Waals surface area contributed by atoms with E-state index in [2.05, 4.69) is 0 Å². The Balaban J connectivity index is 0.00000192. The summed E-state index contributed by atoms with van der Waals surface area (Å²) in [6.07, 6.45) is 0. The summed E-state index contributed by atoms with van der Waals surface area (Å²) < 4.78 is 0. The van der Waals surface area contributed by atoms with E-state index in [1.807, 2.05) is 6.07 Å². The van der Waals surface area contributed by atoms with Gasteiger partial charge in [-0.3, -0.25) is 14.9 Å². The third-order valence-electron chi connectivity index (χ3n) is 3.61. The van der Waals surface area contributed by atoms with E-state index in [1.54, 1.807) is 24.3 Å². The number of fused-ring (bicyclic) bond motifs is 1. The molecule has 23 heavy (non-hydrogen) atoms. The van der Waals surface area contributed by atoms with Gasteiger partial charge in [-0.25, -0.2) is 0 Å². The number of anilines is 1. The summed E-state index contributed by atoms with van der Waals surface area (Å²) in [6, 6.07) is 10.6. The van der Waals surface area contributed by atoms with Crippen molar-refractivity contribution in [3.8, 4) is 0 Å². The number of carbonyl (C=O) groups excluding carboxylic acids is 1. The van der Waals surface area contributed by atoms with E-state index in [9.17, 15) is 14.9 Å². The van der Waals surface area contributed by atoms with Crippen LogP contribution in [0.15, 0.2) is 42.5 Å². The Labute approximate surface area is 143 Å². The van der Waals surface area contributed by atoms with Crippen molar-refractivity contribution in [3.05, 3.63) is 68.7 Å². The predicted octanol–water partition coefficient (Wildman–Crippen LogP) is 3.22. The Kier molecular flexibility index (Phi) is 4.89. The summed E-state index contributed by atoms with van der Waals surface area (Å²) in [4.78, 5) is 24.2. The van der Waals surface area contributed by atoms with Crippen LogP contribution in [0.1, 0.15) is 17.2 Å². The maximum absolute atomic E-state index is 12.3. The summed E-state index contributed by atoms with van der Waals surface area (Å²) in [6.45, 7) is 0.317. The van der Waals surface area contributed by atoms with Crippen LogP contribution in [-0.4, -0.2) is 10.8 Å². The molecule has 2 N–H and O–H groups in total. The number of benzene rings is 2. The molecule has 0 bridgehead atoms. The van der Waals surface area contributed by atoms with Gasteiger partial charge in [0.1, 0.15) is 6.04 Å². The van der Waals surface area contributed by atoms with E-state index in [4.69, 9.17) is 17.3 Å². The van der Waals surface area contributed by atoms with Crippen LogP contribution in [0.25, 0.3) is 0 Å². The SMILES string of the molecule is Cl.NC1C(=O)N(Cc2cccc(Cl)c2)c2ccc([N+](=O)[O-])cc21. The van der Waals surface area contributed by atoms with E-state index in [0.29, 0.717) is 22.8 Å². The number of nitrogens with two attached hydrogens (primary N) is 1. The Bertz CT molecular complexity index is 782. The largest absolute Gasteiger partial charge is 0.316 e. The molecule has 1 amide bonds. The molecule has 3 rings (SSSR count). The minimum atomic E-state index is -0.880. The standard InChI is InChI=1S/C15H12ClN3O3.ClH/c16-10-3-1-2-9(6-10)8-18-13-5-4-11(19(21)22)7-12(13)14(17)15(18)20;/h1-7,14H,8,17H2;1H. The molecular weight excluding hydrogens is 341 g/mol. The van der Waals surface area contributed by atoms with Gasteiger partial charge in [0.2, 0.25) is 5.91 Å². The molecule has 1 heterocycles. The highest BCUT2D eigenvalue weighted by molar-refractivity contribution is 6.30. The first-order valence-corrected chi connectivity index (χ1v) is 6.95. The molecule has 2 aromatic carbocycles. The minimum Gasteiger partial charge on any atom is -0.316 e. The van der Waals surface area contributed by atoms with Crippen molar-refractivity contribution in [2.24, 2.45) is 5.73 Å². The van der Waals surface area contributed by atoms with Crippen LogP contribution < -0.4 is 10.6 Å². The highest BCUT2D eigenvalue weighted by atomic mass is 35.5. The van der Waals surface area contributed by atoms with Gasteiger partial charge in [0, 0.05) is 28.4 Å². The Morgan fingerprint density at radius 2 is 2.00 bits per heavy atom. The molecule has 0 fully saturated rings. The second kappa shape index (κ2) is 6.54. The lowest BCUT2D eigenvalue weighted by Gasteiger charge is -2.17. The molecule has 2 aromatic rings. The van der Waals surface area contributed by atoms with Crippen molar-refractivity contribution in [2.75, 3.05) is 4.90 Å². The first-order chi connectivity index (χ1) is 10.5. The fourth-order valence-electron chi connectivity index (χ4n) is 2.55. The Morgan fingerprint density at radius 1 is 1.26 bits per heavy atom. The summed E-state index contributed by atoms with van der Waals surface area (Å²) in [5.41, 5.74) is 7.75. The van der Waals surface area contributed by atoms with Crippen molar-refractivity contribution in [1.29, 1.82) is 0 Å². The van der Waals surface area contributed by atoms with Gasteiger partial charge < -0.3 is 10.6 Å². The number of hydrogen-bond acceptors (Lipinski definition) is 4. The third kappa shape index (κ3) is 3.14. The topological polar surface area (TPSA) is 89.5 Å². The van der Waals surface area contributed by atoms with Crippen LogP contribution in [0, 0.1) is 10.1 Å². The molecule has 1 atom stereocenters. The second-order valence-electron chi connectivity index (χ2n) is 5.03. The molecular formula is C15H13Cl2N3O3. The average molecular weight is 354 g/mol. The summed E-state index contributed by atoms with van der Waals surface area (Å²) in [5, 5.41) is 11.4. The number of hydrogen-bond donors (Lipinski definition) is 1. The van der Waals surface area contributed by atoms with E-state index in [0.717, 1.165) is 5.56 Å². The predicted molar refractivity (Wildman–Crippen MR) is 89.9 cm³/mol. The van der Waals surface area contributed by atoms with Gasteiger partial charge in [-0.2, -0.15) is 0 Å². The summed E-state index contributed by atoms with van der Waals surface area (Å²) in [7, 11) is 0. The first kappa shape index (κ1) is 17.2. The molecule has 1 aliphatic rings. The number of nitrogens with zero attached hydrogens (tertiary/aromatic N) is 2. The fraction of sp³-hybridized carbons (Fsp3) is 0.133. The van der Waals surface area contributed by atoms with Crippen molar-refractivity contribution in [2.45, 2.75) is 12.6 Å². The number of amides is 1. The summed E-state index contributed by atoms with van der Waals surface area (Å²) in [5.74, 6) is -0.282. The Morgan fingerprint density at radius 3 is 2.65 bits per heavy atom. The second-order valence-corrected chi connectivity index (χ2v) is 5.47. The van der Waals surface area contributed by atoms with Crippen molar-refractivity contribution < 1.29 is 9.72 Å². The van der Waals surface area contributed by atoms with Crippen LogP contribution in [0.4, 0.5) is 11.4 Å². The Hall–Kier alpha value is -2.15. The van der Waals surface area contributed by atoms with Crippen molar-refractivity contribution >= 4 is 41.3 Å². The van der Waals surface area contributed by atoms with Crippen LogP contribution in [0.5, 0.6) is 0 Å². The van der Waals surface area contributed by atoms with Crippen molar-refractivity contribution in [3.63, 3.8) is 0 Å². The normalized spacial score (nSPS) is 16.0. The number of non-ortho nitro benzene ring substituents is 1. The zero-order chi connectivity index (χ0) is 15.9. The molecule has 1 aliphatic heterocycles. The molecule has 0 spiro atoms. The smallest absolute Gasteiger partial charge is 0.269 e. The lowest BCUT2D eigenvalue weighted by molar-refractivity contribution is -0.384. The maximum atomic E-state index is 12.3. The van der Waals surface area contributed by atoms with Gasteiger partial charge >= 0.3 is 0 Å². The zero-order valence-corrected chi connectivity index (χ0v) is 13.4. The highest BCUT2D eigenvalue weighted by Crippen LogP contribution is 2.37. The van der Waals surface area contributed by atoms with E-state index >= 15 is 0 Å². The lowest BCUT2D eigenvalue weighted by Crippen LogP contribution is -2.31. The fourth-order valence-corrected chi connectivity index (χ4v) is 2.76. The quantitative estimate of drug-likeness (QED) is 0.677. The molecule has 120 valence electrons. The number of nitro groups is 1. The maximum Gasteiger partial charge on any atom is 0.269 e. The van der Waals surface area contributed by atoms with Gasteiger partial charge in [-0.1, -0.05) is 23.7 Å². The molecule has 0 aliphatic carbocycles.